The van der Waals surface area contributed by atoms with Crippen LogP contribution in [-0.4, -0.2) is 0 Å². The van der Waals surface area contributed by atoms with Gasteiger partial charge in [-0.15, -0.1) is 0 Å². The van der Waals surface area contributed by atoms with E-state index >= 15 is 0 Å². The van der Waals surface area contributed by atoms with Crippen LogP contribution in [0.3, 0.4) is 0 Å². The van der Waals surface area contributed by atoms with Crippen molar-refractivity contribution in [2.45, 2.75) is 58.8 Å². The van der Waals surface area contributed by atoms with E-state index in [-0.39, 0.29) is 0 Å². The number of allylic oxidation sites excluding steroid dienone is 2. The lowest BCUT2D eigenvalue weighted by Gasteiger charge is -2.25. The molecule has 0 aromatic carbocycles. The Bertz CT molecular complexity index is 212. The number of hydrogen-bond acceptors (Lipinski definition) is 0. The van der Waals surface area contributed by atoms with Crippen molar-refractivity contribution in [2.75, 3.05) is 0 Å². The van der Waals surface area contributed by atoms with Crippen LogP contribution < -0.4 is 0 Å². The van der Waals surface area contributed by atoms with Gasteiger partial charge in [0.2, 0.25) is 0 Å². The van der Waals surface area contributed by atoms with Crippen LogP contribution in [0.2, 0.25) is 0 Å². The highest BCUT2D eigenvalue weighted by Gasteiger charge is 2.24. The molecule has 0 bridgehead atoms. The predicted molar refractivity (Wildman–Crippen MR) is 57.7 cm³/mol. The molecule has 2 saturated carbocycles. The van der Waals surface area contributed by atoms with Gasteiger partial charge in [0.25, 0.3) is 0 Å². The molecule has 0 aromatic heterocycles. The van der Waals surface area contributed by atoms with E-state index in [1.165, 1.54) is 44.9 Å². The number of rotatable bonds is 0. The molecular formula is C13H22. The minimum Gasteiger partial charge on any atom is -0.0679 e. The standard InChI is InChI=1S/C13H22/c1-10-6-3-4-8-12(10)13-9-5-7-11(13)2/h10-11H,3-9H2,1-2H3/b13-12-. The van der Waals surface area contributed by atoms with Crippen LogP contribution in [-0.2, 0) is 0 Å². The van der Waals surface area contributed by atoms with Crippen molar-refractivity contribution >= 4 is 0 Å². The quantitative estimate of drug-likeness (QED) is 0.485. The summed E-state index contributed by atoms with van der Waals surface area (Å²) in [6.07, 6.45) is 10.1. The maximum absolute atomic E-state index is 2.44. The second-order valence-corrected chi connectivity index (χ2v) is 4.99. The lowest BCUT2D eigenvalue weighted by Crippen LogP contribution is -2.10. The average molecular weight is 178 g/mol. The molecule has 0 saturated heterocycles. The monoisotopic (exact) mass is 178 g/mol. The first kappa shape index (κ1) is 9.30. The second-order valence-electron chi connectivity index (χ2n) is 4.99. The van der Waals surface area contributed by atoms with Gasteiger partial charge in [-0.1, -0.05) is 31.4 Å². The Balaban J connectivity index is 2.19. The first-order valence-corrected chi connectivity index (χ1v) is 6.01. The normalized spacial score (nSPS) is 41.1. The van der Waals surface area contributed by atoms with Crippen molar-refractivity contribution in [2.24, 2.45) is 11.8 Å². The molecule has 2 atom stereocenters. The molecule has 2 aliphatic rings. The third-order valence-corrected chi connectivity index (χ3v) is 4.02. The fourth-order valence-corrected chi connectivity index (χ4v) is 3.16. The smallest absolute Gasteiger partial charge is 0.0229 e. The topological polar surface area (TPSA) is 0 Å². The molecular weight excluding hydrogens is 156 g/mol. The summed E-state index contributed by atoms with van der Waals surface area (Å²) in [5.74, 6) is 1.82. The van der Waals surface area contributed by atoms with Crippen molar-refractivity contribution in [1.29, 1.82) is 0 Å². The van der Waals surface area contributed by atoms with Crippen LogP contribution in [0.1, 0.15) is 58.8 Å². The van der Waals surface area contributed by atoms with Gasteiger partial charge in [-0.05, 0) is 50.4 Å². The van der Waals surface area contributed by atoms with E-state index in [4.69, 9.17) is 0 Å². The summed E-state index contributed by atoms with van der Waals surface area (Å²) >= 11 is 0. The van der Waals surface area contributed by atoms with E-state index in [0.29, 0.717) is 0 Å². The average Bonchev–Trinajstić information content (AvgIpc) is 2.52. The molecule has 0 radical (unpaired) electrons. The van der Waals surface area contributed by atoms with Gasteiger partial charge in [0.05, 0.1) is 0 Å². The highest BCUT2D eigenvalue weighted by Crippen LogP contribution is 2.40. The molecule has 13 heavy (non-hydrogen) atoms. The van der Waals surface area contributed by atoms with Crippen LogP contribution in [0.25, 0.3) is 0 Å². The van der Waals surface area contributed by atoms with Crippen molar-refractivity contribution in [3.63, 3.8) is 0 Å². The molecule has 2 unspecified atom stereocenters. The molecule has 2 rings (SSSR count). The minimum atomic E-state index is 0.907. The zero-order chi connectivity index (χ0) is 9.26. The summed E-state index contributed by atoms with van der Waals surface area (Å²) < 4.78 is 0. The molecule has 2 aliphatic carbocycles. The summed E-state index contributed by atoms with van der Waals surface area (Å²) in [7, 11) is 0. The Labute approximate surface area is 82.4 Å². The van der Waals surface area contributed by atoms with Crippen LogP contribution in [0.5, 0.6) is 0 Å². The Morgan fingerprint density at radius 3 is 1.85 bits per heavy atom. The zero-order valence-electron chi connectivity index (χ0n) is 9.10. The van der Waals surface area contributed by atoms with Crippen LogP contribution in [0.4, 0.5) is 0 Å². The van der Waals surface area contributed by atoms with Gasteiger partial charge in [-0.3, -0.25) is 0 Å². The van der Waals surface area contributed by atoms with Gasteiger partial charge in [0.15, 0.2) is 0 Å². The van der Waals surface area contributed by atoms with Crippen molar-refractivity contribution in [1.82, 2.24) is 0 Å². The SMILES string of the molecule is CC1CCCC/C1=C1\CCCC1C. The first-order valence-electron chi connectivity index (χ1n) is 6.01. The van der Waals surface area contributed by atoms with Gasteiger partial charge in [-0.25, -0.2) is 0 Å². The van der Waals surface area contributed by atoms with Crippen LogP contribution >= 0.6 is 0 Å². The summed E-state index contributed by atoms with van der Waals surface area (Å²) in [5, 5.41) is 0. The van der Waals surface area contributed by atoms with Gasteiger partial charge in [-0.2, -0.15) is 0 Å². The molecule has 0 amide bonds. The maximum Gasteiger partial charge on any atom is -0.0229 e. The van der Waals surface area contributed by atoms with Crippen LogP contribution in [0.15, 0.2) is 11.1 Å². The summed E-state index contributed by atoms with van der Waals surface area (Å²) in [4.78, 5) is 0. The molecule has 0 heterocycles. The Kier molecular flexibility index (Phi) is 2.76. The highest BCUT2D eigenvalue weighted by atomic mass is 14.3. The third kappa shape index (κ3) is 1.82. The summed E-state index contributed by atoms with van der Waals surface area (Å²) in [6.45, 7) is 4.86. The molecule has 0 N–H and O–H groups in total. The van der Waals surface area contributed by atoms with Gasteiger partial charge >= 0.3 is 0 Å². The zero-order valence-corrected chi connectivity index (χ0v) is 9.10. The van der Waals surface area contributed by atoms with E-state index in [2.05, 4.69) is 13.8 Å². The van der Waals surface area contributed by atoms with E-state index < -0.39 is 0 Å². The van der Waals surface area contributed by atoms with Gasteiger partial charge < -0.3 is 0 Å². The van der Waals surface area contributed by atoms with E-state index in [0.717, 1.165) is 11.8 Å². The van der Waals surface area contributed by atoms with Crippen molar-refractivity contribution in [3.8, 4) is 0 Å². The van der Waals surface area contributed by atoms with E-state index in [1.807, 2.05) is 11.1 Å². The molecule has 0 aromatic rings. The Morgan fingerprint density at radius 1 is 0.769 bits per heavy atom. The third-order valence-electron chi connectivity index (χ3n) is 4.02. The minimum absolute atomic E-state index is 0.907. The molecule has 74 valence electrons. The highest BCUT2D eigenvalue weighted by molar-refractivity contribution is 5.22. The lowest BCUT2D eigenvalue weighted by molar-refractivity contribution is 0.471. The Hall–Kier alpha value is -0.260. The largest absolute Gasteiger partial charge is 0.0679 e. The van der Waals surface area contributed by atoms with Gasteiger partial charge in [0.1, 0.15) is 0 Å². The van der Waals surface area contributed by atoms with Crippen LogP contribution in [0, 0.1) is 11.8 Å². The lowest BCUT2D eigenvalue weighted by atomic mass is 9.80. The van der Waals surface area contributed by atoms with Gasteiger partial charge in [0, 0.05) is 0 Å². The van der Waals surface area contributed by atoms with E-state index in [9.17, 15) is 0 Å². The Morgan fingerprint density at radius 2 is 1.31 bits per heavy atom. The first-order chi connectivity index (χ1) is 6.29. The second kappa shape index (κ2) is 3.86. The summed E-state index contributed by atoms with van der Waals surface area (Å²) in [5.41, 5.74) is 3.71. The number of hydrogen-bond donors (Lipinski definition) is 0. The molecule has 0 aliphatic heterocycles. The molecule has 0 spiro atoms. The predicted octanol–water partition coefficient (Wildman–Crippen LogP) is 4.31. The fourth-order valence-electron chi connectivity index (χ4n) is 3.16. The molecule has 0 nitrogen and oxygen atoms in total. The van der Waals surface area contributed by atoms with Crippen molar-refractivity contribution < 1.29 is 0 Å². The molecule has 2 fully saturated rings. The van der Waals surface area contributed by atoms with Crippen molar-refractivity contribution in [3.05, 3.63) is 11.1 Å². The molecule has 0 heteroatoms. The summed E-state index contributed by atoms with van der Waals surface area (Å²) in [6, 6.07) is 0. The fraction of sp³-hybridized carbons (Fsp3) is 0.846. The van der Waals surface area contributed by atoms with E-state index in [1.54, 1.807) is 0 Å². The maximum atomic E-state index is 2.44.